The first-order valence-electron chi connectivity index (χ1n) is 7.04. The fourth-order valence-corrected chi connectivity index (χ4v) is 3.01. The number of benzene rings is 1. The largest absolute Gasteiger partial charge is 0.364 e. The average molecular weight is 342 g/mol. The minimum atomic E-state index is -0.299. The highest BCUT2D eigenvalue weighted by Crippen LogP contribution is 2.32. The summed E-state index contributed by atoms with van der Waals surface area (Å²) in [6.07, 6.45) is 3.30. The lowest BCUT2D eigenvalue weighted by Crippen LogP contribution is -2.38. The summed E-state index contributed by atoms with van der Waals surface area (Å²) < 4.78 is 0.874. The standard InChI is InChI=1S/C14H20BrN3O2/c1-2-8-17(10-12-4-3-7-16-12)14-9-11(15)5-6-13(14)18(19)20/h5-6,9,12,16H,2-4,7-8,10H2,1H3. The van der Waals surface area contributed by atoms with Gasteiger partial charge >= 0.3 is 0 Å². The van der Waals surface area contributed by atoms with Crippen molar-refractivity contribution in [3.63, 3.8) is 0 Å². The summed E-state index contributed by atoms with van der Waals surface area (Å²) in [5.41, 5.74) is 0.888. The van der Waals surface area contributed by atoms with Gasteiger partial charge in [-0.05, 0) is 37.9 Å². The first kappa shape index (κ1) is 15.3. The number of rotatable bonds is 6. The van der Waals surface area contributed by atoms with Crippen molar-refractivity contribution in [2.75, 3.05) is 24.5 Å². The highest BCUT2D eigenvalue weighted by atomic mass is 79.9. The molecule has 1 heterocycles. The summed E-state index contributed by atoms with van der Waals surface area (Å²) in [6, 6.07) is 5.58. The number of hydrogen-bond donors (Lipinski definition) is 1. The number of nitro groups is 1. The molecule has 0 bridgehead atoms. The third-order valence-corrected chi connectivity index (χ3v) is 4.06. The molecule has 1 aliphatic heterocycles. The second-order valence-corrected chi connectivity index (χ2v) is 6.05. The average Bonchev–Trinajstić information content (AvgIpc) is 2.90. The number of halogens is 1. The predicted octanol–water partition coefficient (Wildman–Crippen LogP) is 3.33. The zero-order chi connectivity index (χ0) is 14.5. The molecule has 2 rings (SSSR count). The van der Waals surface area contributed by atoms with Gasteiger partial charge in [-0.25, -0.2) is 0 Å². The Morgan fingerprint density at radius 1 is 1.55 bits per heavy atom. The third kappa shape index (κ3) is 3.70. The van der Waals surface area contributed by atoms with E-state index in [1.165, 1.54) is 6.42 Å². The maximum Gasteiger partial charge on any atom is 0.292 e. The minimum absolute atomic E-state index is 0.180. The summed E-state index contributed by atoms with van der Waals surface area (Å²) in [5, 5.41) is 14.7. The fraction of sp³-hybridized carbons (Fsp3) is 0.571. The van der Waals surface area contributed by atoms with Crippen molar-refractivity contribution in [2.24, 2.45) is 0 Å². The second-order valence-electron chi connectivity index (χ2n) is 5.13. The van der Waals surface area contributed by atoms with Crippen LogP contribution in [-0.2, 0) is 0 Å². The normalized spacial score (nSPS) is 18.2. The molecular weight excluding hydrogens is 322 g/mol. The monoisotopic (exact) mass is 341 g/mol. The Hall–Kier alpha value is -1.14. The van der Waals surface area contributed by atoms with Crippen LogP contribution in [0.25, 0.3) is 0 Å². The number of hydrogen-bond acceptors (Lipinski definition) is 4. The maximum atomic E-state index is 11.2. The van der Waals surface area contributed by atoms with E-state index in [9.17, 15) is 10.1 Å². The van der Waals surface area contributed by atoms with E-state index < -0.39 is 0 Å². The molecule has 1 N–H and O–H groups in total. The molecule has 0 aliphatic carbocycles. The van der Waals surface area contributed by atoms with Gasteiger partial charge in [0.25, 0.3) is 5.69 Å². The van der Waals surface area contributed by atoms with Crippen LogP contribution in [0, 0.1) is 10.1 Å². The summed E-state index contributed by atoms with van der Waals surface area (Å²) in [6.45, 7) is 4.80. The Morgan fingerprint density at radius 2 is 2.35 bits per heavy atom. The zero-order valence-electron chi connectivity index (χ0n) is 11.6. The van der Waals surface area contributed by atoms with E-state index in [1.807, 2.05) is 6.07 Å². The second kappa shape index (κ2) is 7.04. The van der Waals surface area contributed by atoms with Crippen LogP contribution in [0.5, 0.6) is 0 Å². The SMILES string of the molecule is CCCN(CC1CCCN1)c1cc(Br)ccc1[N+](=O)[O-]. The molecule has 1 atom stereocenters. The number of anilines is 1. The van der Waals surface area contributed by atoms with Crippen LogP contribution in [0.4, 0.5) is 11.4 Å². The van der Waals surface area contributed by atoms with Crippen molar-refractivity contribution >= 4 is 27.3 Å². The fourth-order valence-electron chi connectivity index (χ4n) is 2.66. The zero-order valence-corrected chi connectivity index (χ0v) is 13.2. The van der Waals surface area contributed by atoms with Crippen molar-refractivity contribution in [3.8, 4) is 0 Å². The Labute approximate surface area is 127 Å². The summed E-state index contributed by atoms with van der Waals surface area (Å²) in [7, 11) is 0. The van der Waals surface area contributed by atoms with Gasteiger partial charge in [-0.2, -0.15) is 0 Å². The molecule has 110 valence electrons. The van der Waals surface area contributed by atoms with Crippen LogP contribution in [0.1, 0.15) is 26.2 Å². The van der Waals surface area contributed by atoms with Crippen molar-refractivity contribution in [2.45, 2.75) is 32.2 Å². The van der Waals surface area contributed by atoms with Crippen LogP contribution in [-0.4, -0.2) is 30.6 Å². The molecule has 6 heteroatoms. The molecule has 0 radical (unpaired) electrons. The predicted molar refractivity (Wildman–Crippen MR) is 84.3 cm³/mol. The lowest BCUT2D eigenvalue weighted by Gasteiger charge is -2.27. The van der Waals surface area contributed by atoms with E-state index in [0.717, 1.165) is 36.9 Å². The minimum Gasteiger partial charge on any atom is -0.364 e. The van der Waals surface area contributed by atoms with E-state index >= 15 is 0 Å². The molecule has 1 saturated heterocycles. The number of nitro benzene ring substituents is 1. The van der Waals surface area contributed by atoms with Crippen molar-refractivity contribution < 1.29 is 4.92 Å². The van der Waals surface area contributed by atoms with Gasteiger partial charge in [0.05, 0.1) is 4.92 Å². The Kier molecular flexibility index (Phi) is 5.37. The molecule has 1 fully saturated rings. The molecule has 0 spiro atoms. The van der Waals surface area contributed by atoms with E-state index in [1.54, 1.807) is 12.1 Å². The summed E-state index contributed by atoms with van der Waals surface area (Å²) in [4.78, 5) is 13.1. The summed E-state index contributed by atoms with van der Waals surface area (Å²) >= 11 is 3.41. The van der Waals surface area contributed by atoms with Gasteiger partial charge in [0.15, 0.2) is 0 Å². The first-order valence-corrected chi connectivity index (χ1v) is 7.83. The quantitative estimate of drug-likeness (QED) is 0.636. The van der Waals surface area contributed by atoms with Gasteiger partial charge in [-0.3, -0.25) is 10.1 Å². The topological polar surface area (TPSA) is 58.4 Å². The van der Waals surface area contributed by atoms with Crippen LogP contribution >= 0.6 is 15.9 Å². The summed E-state index contributed by atoms with van der Waals surface area (Å²) in [5.74, 6) is 0. The Morgan fingerprint density at radius 3 is 2.95 bits per heavy atom. The molecule has 0 saturated carbocycles. The van der Waals surface area contributed by atoms with Gasteiger partial charge in [0.2, 0.25) is 0 Å². The van der Waals surface area contributed by atoms with E-state index in [2.05, 4.69) is 33.1 Å². The van der Waals surface area contributed by atoms with Gasteiger partial charge < -0.3 is 10.2 Å². The van der Waals surface area contributed by atoms with Crippen LogP contribution in [0.15, 0.2) is 22.7 Å². The molecule has 1 aliphatic rings. The molecule has 0 aromatic heterocycles. The first-order chi connectivity index (χ1) is 9.61. The Bertz CT molecular complexity index is 475. The molecule has 5 nitrogen and oxygen atoms in total. The van der Waals surface area contributed by atoms with E-state index in [-0.39, 0.29) is 10.6 Å². The molecule has 20 heavy (non-hydrogen) atoms. The number of nitrogens with one attached hydrogen (secondary N) is 1. The maximum absolute atomic E-state index is 11.2. The highest BCUT2D eigenvalue weighted by molar-refractivity contribution is 9.10. The lowest BCUT2D eigenvalue weighted by molar-refractivity contribution is -0.384. The van der Waals surface area contributed by atoms with Gasteiger partial charge in [0.1, 0.15) is 5.69 Å². The van der Waals surface area contributed by atoms with E-state index in [4.69, 9.17) is 0 Å². The smallest absolute Gasteiger partial charge is 0.292 e. The van der Waals surface area contributed by atoms with Crippen molar-refractivity contribution in [1.29, 1.82) is 0 Å². The lowest BCUT2D eigenvalue weighted by atomic mass is 10.1. The molecule has 1 unspecified atom stereocenters. The Balaban J connectivity index is 2.26. The molecule has 1 aromatic carbocycles. The van der Waals surface area contributed by atoms with Crippen molar-refractivity contribution in [3.05, 3.63) is 32.8 Å². The van der Waals surface area contributed by atoms with Crippen LogP contribution in [0.3, 0.4) is 0 Å². The van der Waals surface area contributed by atoms with Crippen LogP contribution < -0.4 is 10.2 Å². The van der Waals surface area contributed by atoms with Crippen LogP contribution in [0.2, 0.25) is 0 Å². The van der Waals surface area contributed by atoms with Gasteiger partial charge in [0, 0.05) is 29.7 Å². The third-order valence-electron chi connectivity index (χ3n) is 3.57. The van der Waals surface area contributed by atoms with Gasteiger partial charge in [-0.15, -0.1) is 0 Å². The van der Waals surface area contributed by atoms with Crippen molar-refractivity contribution in [1.82, 2.24) is 5.32 Å². The highest BCUT2D eigenvalue weighted by Gasteiger charge is 2.23. The van der Waals surface area contributed by atoms with E-state index in [0.29, 0.717) is 11.7 Å². The van der Waals surface area contributed by atoms with Gasteiger partial charge in [-0.1, -0.05) is 22.9 Å². The molecular formula is C14H20BrN3O2. The molecule has 1 aromatic rings. The number of nitrogens with zero attached hydrogens (tertiary/aromatic N) is 2. The molecule has 0 amide bonds.